The summed E-state index contributed by atoms with van der Waals surface area (Å²) in [5.41, 5.74) is 6.08. The molecule has 0 aromatic heterocycles. The molecule has 0 fully saturated rings. The highest BCUT2D eigenvalue weighted by atomic mass is 79.9. The quantitative estimate of drug-likeness (QED) is 0.652. The molecule has 5 nitrogen and oxygen atoms in total. The number of anilines is 1. The van der Waals surface area contributed by atoms with Gasteiger partial charge in [-0.3, -0.25) is 0 Å². The summed E-state index contributed by atoms with van der Waals surface area (Å²) in [6, 6.07) is 4.57. The maximum absolute atomic E-state index is 12.1. The monoisotopic (exact) mass is 350 g/mol. The van der Waals surface area contributed by atoms with E-state index in [0.29, 0.717) is 23.1 Å². The van der Waals surface area contributed by atoms with E-state index in [2.05, 4.69) is 20.7 Å². The lowest BCUT2D eigenvalue weighted by atomic mass is 10.0. The van der Waals surface area contributed by atoms with Crippen molar-refractivity contribution in [1.82, 2.24) is 4.72 Å². The van der Waals surface area contributed by atoms with Gasteiger partial charge in [0.15, 0.2) is 0 Å². The largest absolute Gasteiger partial charge is 0.399 e. The van der Waals surface area contributed by atoms with Crippen LogP contribution >= 0.6 is 15.9 Å². The Morgan fingerprint density at radius 3 is 2.68 bits per heavy atom. The van der Waals surface area contributed by atoms with Crippen LogP contribution in [0.3, 0.4) is 0 Å². The van der Waals surface area contributed by atoms with Crippen molar-refractivity contribution in [2.24, 2.45) is 5.92 Å². The number of halogens is 1. The van der Waals surface area contributed by atoms with Crippen LogP contribution in [0.4, 0.5) is 5.69 Å². The van der Waals surface area contributed by atoms with Crippen LogP contribution in [0.1, 0.15) is 19.8 Å². The van der Waals surface area contributed by atoms with E-state index in [9.17, 15) is 8.42 Å². The van der Waals surface area contributed by atoms with Crippen molar-refractivity contribution in [1.29, 1.82) is 0 Å². The lowest BCUT2D eigenvalue weighted by molar-refractivity contribution is 0.254. The summed E-state index contributed by atoms with van der Waals surface area (Å²) in [5, 5.41) is 8.89. The number of hydrogen-bond donors (Lipinski definition) is 3. The molecule has 0 aliphatic heterocycles. The number of aliphatic hydroxyl groups excluding tert-OH is 1. The van der Waals surface area contributed by atoms with Crippen LogP contribution in [0.25, 0.3) is 0 Å². The van der Waals surface area contributed by atoms with Gasteiger partial charge in [-0.25, -0.2) is 13.1 Å². The SMILES string of the molecule is CCC(CCO)CNS(=O)(=O)c1ccc(N)cc1Br. The van der Waals surface area contributed by atoms with E-state index in [0.717, 1.165) is 6.42 Å². The number of rotatable bonds is 7. The second-order valence-corrected chi connectivity index (χ2v) is 6.92. The fourth-order valence-corrected chi connectivity index (χ4v) is 3.88. The maximum Gasteiger partial charge on any atom is 0.241 e. The van der Waals surface area contributed by atoms with Gasteiger partial charge in [0, 0.05) is 23.3 Å². The van der Waals surface area contributed by atoms with E-state index in [-0.39, 0.29) is 17.4 Å². The predicted molar refractivity (Wildman–Crippen MR) is 79.2 cm³/mol. The molecule has 0 aliphatic carbocycles. The van der Waals surface area contributed by atoms with Gasteiger partial charge in [0.1, 0.15) is 0 Å². The molecule has 0 bridgehead atoms. The number of hydrogen-bond acceptors (Lipinski definition) is 4. The van der Waals surface area contributed by atoms with Crippen LogP contribution in [0.15, 0.2) is 27.6 Å². The molecule has 1 aromatic carbocycles. The van der Waals surface area contributed by atoms with Gasteiger partial charge >= 0.3 is 0 Å². The Balaban J connectivity index is 2.81. The first-order chi connectivity index (χ1) is 8.90. The van der Waals surface area contributed by atoms with Gasteiger partial charge in [0.25, 0.3) is 0 Å². The Bertz CT molecular complexity index is 520. The number of aliphatic hydroxyl groups is 1. The van der Waals surface area contributed by atoms with Crippen LogP contribution in [0.2, 0.25) is 0 Å². The van der Waals surface area contributed by atoms with Gasteiger partial charge in [-0.05, 0) is 46.5 Å². The van der Waals surface area contributed by atoms with Crippen molar-refractivity contribution in [3.8, 4) is 0 Å². The third-order valence-electron chi connectivity index (χ3n) is 2.92. The second kappa shape index (κ2) is 7.23. The molecule has 0 amide bonds. The molecule has 1 atom stereocenters. The molecular formula is C12H19BrN2O3S. The lowest BCUT2D eigenvalue weighted by Crippen LogP contribution is -2.30. The molecule has 0 radical (unpaired) electrons. The normalized spacial score (nSPS) is 13.4. The summed E-state index contributed by atoms with van der Waals surface area (Å²) < 4.78 is 27.3. The molecule has 0 saturated carbocycles. The Morgan fingerprint density at radius 1 is 1.47 bits per heavy atom. The van der Waals surface area contributed by atoms with Crippen LogP contribution in [0.5, 0.6) is 0 Å². The molecule has 0 aliphatic rings. The highest BCUT2D eigenvalue weighted by Gasteiger charge is 2.19. The average Bonchev–Trinajstić information content (AvgIpc) is 2.34. The van der Waals surface area contributed by atoms with Gasteiger partial charge in [0.05, 0.1) is 4.90 Å². The lowest BCUT2D eigenvalue weighted by Gasteiger charge is -2.15. The number of benzene rings is 1. The first-order valence-corrected chi connectivity index (χ1v) is 8.34. The van der Waals surface area contributed by atoms with E-state index < -0.39 is 10.0 Å². The highest BCUT2D eigenvalue weighted by molar-refractivity contribution is 9.10. The molecule has 0 heterocycles. The third kappa shape index (κ3) is 4.76. The Morgan fingerprint density at radius 2 is 2.16 bits per heavy atom. The molecule has 1 unspecified atom stereocenters. The third-order valence-corrected chi connectivity index (χ3v) is 5.32. The topological polar surface area (TPSA) is 92.4 Å². The van der Waals surface area contributed by atoms with Gasteiger partial charge in [-0.2, -0.15) is 0 Å². The summed E-state index contributed by atoms with van der Waals surface area (Å²) >= 11 is 3.20. The summed E-state index contributed by atoms with van der Waals surface area (Å²) in [7, 11) is -3.57. The van der Waals surface area contributed by atoms with Crippen LogP contribution in [-0.2, 0) is 10.0 Å². The molecule has 1 aromatic rings. The Labute approximate surface area is 122 Å². The van der Waals surface area contributed by atoms with Crippen molar-refractivity contribution in [3.05, 3.63) is 22.7 Å². The van der Waals surface area contributed by atoms with E-state index in [1.807, 2.05) is 6.92 Å². The molecule has 19 heavy (non-hydrogen) atoms. The summed E-state index contributed by atoms with van der Waals surface area (Å²) in [4.78, 5) is 0.167. The molecule has 0 saturated heterocycles. The number of sulfonamides is 1. The number of nitrogens with one attached hydrogen (secondary N) is 1. The molecule has 4 N–H and O–H groups in total. The molecule has 108 valence electrons. The zero-order valence-electron chi connectivity index (χ0n) is 10.8. The Hall–Kier alpha value is -0.630. The van der Waals surface area contributed by atoms with Crippen LogP contribution in [0, 0.1) is 5.92 Å². The van der Waals surface area contributed by atoms with Crippen molar-refractivity contribution in [2.75, 3.05) is 18.9 Å². The fourth-order valence-electron chi connectivity index (χ4n) is 1.67. The van der Waals surface area contributed by atoms with Gasteiger partial charge < -0.3 is 10.8 Å². The van der Waals surface area contributed by atoms with Crippen molar-refractivity contribution in [3.63, 3.8) is 0 Å². The minimum atomic E-state index is -3.57. The minimum Gasteiger partial charge on any atom is -0.399 e. The molecule has 1 rings (SSSR count). The predicted octanol–water partition coefficient (Wildman–Crippen LogP) is 1.72. The number of nitrogens with two attached hydrogens (primary N) is 1. The van der Waals surface area contributed by atoms with Crippen molar-refractivity contribution >= 4 is 31.6 Å². The van der Waals surface area contributed by atoms with Gasteiger partial charge in [0.2, 0.25) is 10.0 Å². The van der Waals surface area contributed by atoms with Gasteiger partial charge in [-0.1, -0.05) is 13.3 Å². The first kappa shape index (κ1) is 16.4. The van der Waals surface area contributed by atoms with Crippen molar-refractivity contribution < 1.29 is 13.5 Å². The average molecular weight is 351 g/mol. The Kier molecular flexibility index (Phi) is 6.25. The summed E-state index contributed by atoms with van der Waals surface area (Å²) in [5.74, 6) is 0.132. The standard InChI is InChI=1S/C12H19BrN2O3S/c1-2-9(5-6-16)8-15-19(17,18)12-4-3-10(14)7-11(12)13/h3-4,7,9,15-16H,2,5-6,8,14H2,1H3. The second-order valence-electron chi connectivity index (χ2n) is 4.33. The van der Waals surface area contributed by atoms with Crippen LogP contribution < -0.4 is 10.5 Å². The molecule has 7 heteroatoms. The fraction of sp³-hybridized carbons (Fsp3) is 0.500. The minimum absolute atomic E-state index is 0.0613. The zero-order valence-corrected chi connectivity index (χ0v) is 13.2. The van der Waals surface area contributed by atoms with E-state index in [1.54, 1.807) is 12.1 Å². The molecule has 0 spiro atoms. The summed E-state index contributed by atoms with van der Waals surface area (Å²) in [6.45, 7) is 2.34. The molecular weight excluding hydrogens is 332 g/mol. The number of nitrogen functional groups attached to an aromatic ring is 1. The van der Waals surface area contributed by atoms with Crippen LogP contribution in [-0.4, -0.2) is 26.7 Å². The van der Waals surface area contributed by atoms with Crippen molar-refractivity contribution in [2.45, 2.75) is 24.7 Å². The zero-order chi connectivity index (χ0) is 14.5. The van der Waals surface area contributed by atoms with E-state index in [1.165, 1.54) is 6.07 Å². The van der Waals surface area contributed by atoms with E-state index in [4.69, 9.17) is 10.8 Å². The maximum atomic E-state index is 12.1. The van der Waals surface area contributed by atoms with Gasteiger partial charge in [-0.15, -0.1) is 0 Å². The summed E-state index contributed by atoms with van der Waals surface area (Å²) in [6.07, 6.45) is 1.40. The van der Waals surface area contributed by atoms with E-state index >= 15 is 0 Å². The first-order valence-electron chi connectivity index (χ1n) is 6.06. The highest BCUT2D eigenvalue weighted by Crippen LogP contribution is 2.24. The smallest absolute Gasteiger partial charge is 0.241 e.